The lowest BCUT2D eigenvalue weighted by atomic mass is 10.4. The van der Waals surface area contributed by atoms with Gasteiger partial charge in [0.2, 0.25) is 5.12 Å². The van der Waals surface area contributed by atoms with Gasteiger partial charge >= 0.3 is 0 Å². The van der Waals surface area contributed by atoms with Crippen LogP contribution in [0.3, 0.4) is 0 Å². The summed E-state index contributed by atoms with van der Waals surface area (Å²) in [5.41, 5.74) is 0. The molecule has 0 saturated carbocycles. The zero-order valence-corrected chi connectivity index (χ0v) is 6.43. The van der Waals surface area contributed by atoms with E-state index < -0.39 is 17.8 Å². The molecule has 5 heteroatoms. The van der Waals surface area contributed by atoms with Crippen molar-refractivity contribution in [2.75, 3.05) is 13.2 Å². The van der Waals surface area contributed by atoms with Crippen molar-refractivity contribution in [1.82, 2.24) is 0 Å². The monoisotopic (exact) mass is 166 g/mol. The van der Waals surface area contributed by atoms with Crippen LogP contribution in [0.2, 0.25) is 0 Å². The van der Waals surface area contributed by atoms with Gasteiger partial charge in [-0.05, 0) is 6.92 Å². The highest BCUT2D eigenvalue weighted by atomic mass is 32.2. The second-order valence-corrected chi connectivity index (χ2v) is 2.31. The Bertz CT molecular complexity index is 106. The molecule has 0 aliphatic rings. The van der Waals surface area contributed by atoms with Crippen molar-refractivity contribution in [3.05, 3.63) is 0 Å². The molecule has 0 aromatic heterocycles. The minimum atomic E-state index is -1.32. The fourth-order valence-electron chi connectivity index (χ4n) is 0.247. The van der Waals surface area contributed by atoms with Gasteiger partial charge in [-0.2, -0.15) is 0 Å². The molecule has 0 bridgehead atoms. The van der Waals surface area contributed by atoms with Gasteiger partial charge in [0.25, 0.3) is 0 Å². The molecule has 0 radical (unpaired) electrons. The van der Waals surface area contributed by atoms with Crippen LogP contribution in [0, 0.1) is 0 Å². The molecule has 1 unspecified atom stereocenters. The highest BCUT2D eigenvalue weighted by Crippen LogP contribution is 2.06. The first-order chi connectivity index (χ1) is 4.72. The predicted molar refractivity (Wildman–Crippen MR) is 37.3 cm³/mol. The SMILES string of the molecule is CCOSC(=O)C(O)CO. The van der Waals surface area contributed by atoms with Crippen molar-refractivity contribution in [2.45, 2.75) is 13.0 Å². The van der Waals surface area contributed by atoms with Crippen LogP contribution in [-0.2, 0) is 8.98 Å². The third-order valence-electron chi connectivity index (χ3n) is 0.704. The van der Waals surface area contributed by atoms with Crippen LogP contribution in [0.1, 0.15) is 6.92 Å². The van der Waals surface area contributed by atoms with Crippen molar-refractivity contribution in [2.24, 2.45) is 0 Å². The molecule has 1 atom stereocenters. The van der Waals surface area contributed by atoms with Crippen LogP contribution in [0.4, 0.5) is 0 Å². The number of rotatable bonds is 4. The molecule has 0 aliphatic carbocycles. The second kappa shape index (κ2) is 5.67. The van der Waals surface area contributed by atoms with Gasteiger partial charge in [-0.25, -0.2) is 0 Å². The van der Waals surface area contributed by atoms with Crippen molar-refractivity contribution in [1.29, 1.82) is 0 Å². The molecule has 0 aromatic carbocycles. The molecule has 0 rings (SSSR count). The Balaban J connectivity index is 3.42. The van der Waals surface area contributed by atoms with Gasteiger partial charge in [0.1, 0.15) is 6.10 Å². The molecule has 0 aromatic rings. The largest absolute Gasteiger partial charge is 0.393 e. The molecule has 0 aliphatic heterocycles. The van der Waals surface area contributed by atoms with Gasteiger partial charge in [0.15, 0.2) is 0 Å². The molecule has 0 heterocycles. The van der Waals surface area contributed by atoms with Crippen molar-refractivity contribution >= 4 is 17.2 Å². The summed E-state index contributed by atoms with van der Waals surface area (Å²) in [7, 11) is 0. The Morgan fingerprint density at radius 2 is 2.40 bits per heavy atom. The minimum Gasteiger partial charge on any atom is -0.393 e. The maximum absolute atomic E-state index is 10.6. The highest BCUT2D eigenvalue weighted by Gasteiger charge is 2.14. The topological polar surface area (TPSA) is 66.8 Å². The van der Waals surface area contributed by atoms with Gasteiger partial charge in [-0.3, -0.25) is 4.79 Å². The van der Waals surface area contributed by atoms with E-state index in [1.165, 1.54) is 0 Å². The van der Waals surface area contributed by atoms with Gasteiger partial charge in [0.05, 0.1) is 25.3 Å². The lowest BCUT2D eigenvalue weighted by Gasteiger charge is -2.02. The molecule has 60 valence electrons. The van der Waals surface area contributed by atoms with Crippen molar-refractivity contribution in [3.8, 4) is 0 Å². The zero-order chi connectivity index (χ0) is 7.98. The van der Waals surface area contributed by atoms with Gasteiger partial charge < -0.3 is 14.4 Å². The van der Waals surface area contributed by atoms with E-state index in [-0.39, 0.29) is 0 Å². The molecule has 2 N–H and O–H groups in total. The third-order valence-corrected chi connectivity index (χ3v) is 1.49. The van der Waals surface area contributed by atoms with Gasteiger partial charge in [-0.15, -0.1) is 0 Å². The molecular weight excluding hydrogens is 156 g/mol. The van der Waals surface area contributed by atoms with Crippen LogP contribution in [-0.4, -0.2) is 34.6 Å². The Morgan fingerprint density at radius 1 is 1.80 bits per heavy atom. The number of aliphatic hydroxyl groups excluding tert-OH is 2. The van der Waals surface area contributed by atoms with Crippen LogP contribution >= 0.6 is 12.0 Å². The Hall–Kier alpha value is -0.100. The minimum absolute atomic E-state index is 0.397. The number of hydrogen-bond donors (Lipinski definition) is 2. The third kappa shape index (κ3) is 3.84. The summed E-state index contributed by atoms with van der Waals surface area (Å²) in [6.45, 7) is 1.57. The summed E-state index contributed by atoms with van der Waals surface area (Å²) in [6.07, 6.45) is -1.32. The van der Waals surface area contributed by atoms with E-state index in [1.807, 2.05) is 0 Å². The number of aliphatic hydroxyl groups is 2. The first-order valence-electron chi connectivity index (χ1n) is 2.84. The number of hydrogen-bond acceptors (Lipinski definition) is 5. The summed E-state index contributed by atoms with van der Waals surface area (Å²) in [5, 5.41) is 16.4. The molecule has 0 saturated heterocycles. The summed E-state index contributed by atoms with van der Waals surface area (Å²) >= 11 is 0.560. The van der Waals surface area contributed by atoms with E-state index in [0.717, 1.165) is 0 Å². The van der Waals surface area contributed by atoms with E-state index in [9.17, 15) is 4.79 Å². The first-order valence-corrected chi connectivity index (χ1v) is 3.58. The number of carbonyl (C=O) groups is 1. The van der Waals surface area contributed by atoms with Crippen LogP contribution in [0.5, 0.6) is 0 Å². The zero-order valence-electron chi connectivity index (χ0n) is 5.61. The molecule has 0 fully saturated rings. The van der Waals surface area contributed by atoms with Crippen molar-refractivity contribution in [3.63, 3.8) is 0 Å². The quantitative estimate of drug-likeness (QED) is 0.554. The summed E-state index contributed by atoms with van der Waals surface area (Å²) in [6, 6.07) is 0. The normalized spacial score (nSPS) is 13.1. The van der Waals surface area contributed by atoms with Crippen molar-refractivity contribution < 1.29 is 19.2 Å². The standard InChI is InChI=1S/C5H10O4S/c1-2-9-10-5(8)4(7)3-6/h4,6-7H,2-3H2,1H3. The van der Waals surface area contributed by atoms with E-state index in [2.05, 4.69) is 4.18 Å². The Morgan fingerprint density at radius 3 is 2.80 bits per heavy atom. The molecular formula is C5H10O4S. The molecule has 0 amide bonds. The van der Waals surface area contributed by atoms with E-state index in [0.29, 0.717) is 18.6 Å². The summed E-state index contributed by atoms with van der Waals surface area (Å²) < 4.78 is 4.61. The van der Waals surface area contributed by atoms with E-state index >= 15 is 0 Å². The maximum atomic E-state index is 10.6. The lowest BCUT2D eigenvalue weighted by molar-refractivity contribution is -0.120. The lowest BCUT2D eigenvalue weighted by Crippen LogP contribution is -2.21. The fraction of sp³-hybridized carbons (Fsp3) is 0.800. The average molecular weight is 166 g/mol. The molecule has 4 nitrogen and oxygen atoms in total. The second-order valence-electron chi connectivity index (χ2n) is 1.51. The van der Waals surface area contributed by atoms with Crippen LogP contribution < -0.4 is 0 Å². The fourth-order valence-corrected chi connectivity index (χ4v) is 0.667. The summed E-state index contributed by atoms with van der Waals surface area (Å²) in [4.78, 5) is 10.6. The van der Waals surface area contributed by atoms with Crippen LogP contribution in [0.15, 0.2) is 0 Å². The van der Waals surface area contributed by atoms with E-state index in [1.54, 1.807) is 6.92 Å². The highest BCUT2D eigenvalue weighted by molar-refractivity contribution is 8.09. The smallest absolute Gasteiger partial charge is 0.246 e. The molecule has 0 spiro atoms. The Labute approximate surface area is 63.4 Å². The van der Waals surface area contributed by atoms with E-state index in [4.69, 9.17) is 10.2 Å². The summed E-state index contributed by atoms with van der Waals surface area (Å²) in [5.74, 6) is 0. The Kier molecular flexibility index (Phi) is 5.61. The number of carbonyl (C=O) groups excluding carboxylic acids is 1. The maximum Gasteiger partial charge on any atom is 0.246 e. The average Bonchev–Trinajstić information content (AvgIpc) is 1.98. The van der Waals surface area contributed by atoms with Crippen LogP contribution in [0.25, 0.3) is 0 Å². The van der Waals surface area contributed by atoms with Gasteiger partial charge in [-0.1, -0.05) is 0 Å². The van der Waals surface area contributed by atoms with Gasteiger partial charge in [0, 0.05) is 0 Å². The predicted octanol–water partition coefficient (Wildman–Crippen LogP) is -0.449. The molecule has 10 heavy (non-hydrogen) atoms. The first kappa shape index (κ1) is 9.90.